The summed E-state index contributed by atoms with van der Waals surface area (Å²) in [6, 6.07) is 23.0. The van der Waals surface area contributed by atoms with Gasteiger partial charge in [0.2, 0.25) is 0 Å². The lowest BCUT2D eigenvalue weighted by Crippen LogP contribution is -2.10. The second-order valence-corrected chi connectivity index (χ2v) is 8.92. The fourth-order valence-electron chi connectivity index (χ4n) is 3.78. The molecule has 0 N–H and O–H groups in total. The molecule has 2 aromatic heterocycles. The van der Waals surface area contributed by atoms with Crippen LogP contribution in [0.5, 0.6) is 0 Å². The molecule has 0 spiro atoms. The highest BCUT2D eigenvalue weighted by molar-refractivity contribution is 5.92. The first kappa shape index (κ1) is 20.1. The lowest BCUT2D eigenvalue weighted by molar-refractivity contribution is 0.132. The van der Waals surface area contributed by atoms with Crippen molar-refractivity contribution in [1.29, 1.82) is 0 Å². The number of aromatic nitrogens is 2. The number of fused-ring (bicyclic) bond motifs is 2. The van der Waals surface area contributed by atoms with Crippen LogP contribution in [0.25, 0.3) is 27.9 Å². The van der Waals surface area contributed by atoms with Gasteiger partial charge in [0.05, 0.1) is 11.9 Å². The normalized spacial score (nSPS) is 12.2. The van der Waals surface area contributed by atoms with Gasteiger partial charge < -0.3 is 9.25 Å². The summed E-state index contributed by atoms with van der Waals surface area (Å²) in [5.41, 5.74) is 5.12. The van der Waals surface area contributed by atoms with Crippen molar-refractivity contribution in [2.45, 2.75) is 32.8 Å². The highest BCUT2D eigenvalue weighted by Crippen LogP contribution is 2.27. The second kappa shape index (κ2) is 8.00. The number of hydrogen-bond donors (Lipinski definition) is 0. The van der Waals surface area contributed by atoms with Crippen molar-refractivity contribution in [3.8, 4) is 11.3 Å². The molecule has 160 valence electrons. The Bertz CT molecular complexity index is 1400. The van der Waals surface area contributed by atoms with Gasteiger partial charge in [-0.25, -0.2) is 0 Å². The maximum absolute atomic E-state index is 5.60. The molecule has 32 heavy (non-hydrogen) atoms. The van der Waals surface area contributed by atoms with Crippen LogP contribution in [-0.2, 0) is 16.9 Å². The van der Waals surface area contributed by atoms with Crippen LogP contribution < -0.4 is 0 Å². The van der Waals surface area contributed by atoms with Crippen molar-refractivity contribution in [1.82, 2.24) is 9.38 Å². The van der Waals surface area contributed by atoms with E-state index in [1.807, 2.05) is 22.7 Å². The van der Waals surface area contributed by atoms with Gasteiger partial charge in [0, 0.05) is 11.8 Å². The van der Waals surface area contributed by atoms with Gasteiger partial charge in [-0.1, -0.05) is 86.6 Å². The van der Waals surface area contributed by atoms with E-state index in [9.17, 15) is 0 Å². The molecule has 5 nitrogen and oxygen atoms in total. The Labute approximate surface area is 187 Å². The predicted octanol–water partition coefficient (Wildman–Crippen LogP) is 6.60. The van der Waals surface area contributed by atoms with Gasteiger partial charge in [-0.2, -0.15) is 4.98 Å². The number of oxazole rings is 1. The number of hydrogen-bond acceptors (Lipinski definition) is 4. The van der Waals surface area contributed by atoms with E-state index in [0.717, 1.165) is 27.9 Å². The number of imidazole rings is 1. The summed E-state index contributed by atoms with van der Waals surface area (Å²) >= 11 is 0. The highest BCUT2D eigenvalue weighted by atomic mass is 16.6. The minimum Gasteiger partial charge on any atom is -0.432 e. The maximum atomic E-state index is 5.60. The van der Waals surface area contributed by atoms with Crippen LogP contribution in [-0.4, -0.2) is 15.6 Å². The Morgan fingerprint density at radius 1 is 1.00 bits per heavy atom. The number of nitrogens with zero attached hydrogens (tertiary/aromatic N) is 3. The van der Waals surface area contributed by atoms with Crippen molar-refractivity contribution in [3.63, 3.8) is 0 Å². The van der Waals surface area contributed by atoms with Crippen molar-refractivity contribution >= 4 is 22.8 Å². The standard InChI is InChI=1S/C27H25N3O2/c1-27(2,3)23-12-8-19(9-13-23)18-32-28-17-24-25(29-26-30(24)14-15-31-26)22-11-10-20-6-4-5-7-21(20)16-22/h4-17H,18H2,1-3H3/b28-17+. The summed E-state index contributed by atoms with van der Waals surface area (Å²) in [5, 5.41) is 6.58. The topological polar surface area (TPSA) is 52.0 Å². The summed E-state index contributed by atoms with van der Waals surface area (Å²) in [6.45, 7) is 7.02. The lowest BCUT2D eigenvalue weighted by atomic mass is 9.87. The quantitative estimate of drug-likeness (QED) is 0.236. The van der Waals surface area contributed by atoms with Gasteiger partial charge >= 0.3 is 5.84 Å². The molecule has 0 saturated heterocycles. The third-order valence-corrected chi connectivity index (χ3v) is 5.62. The average molecular weight is 424 g/mol. The number of oxime groups is 1. The predicted molar refractivity (Wildman–Crippen MR) is 128 cm³/mol. The Morgan fingerprint density at radius 3 is 2.56 bits per heavy atom. The van der Waals surface area contributed by atoms with Crippen LogP contribution in [0.1, 0.15) is 37.6 Å². The summed E-state index contributed by atoms with van der Waals surface area (Å²) in [6.07, 6.45) is 5.14. The summed E-state index contributed by atoms with van der Waals surface area (Å²) < 4.78 is 7.38. The molecule has 0 fully saturated rings. The van der Waals surface area contributed by atoms with Crippen molar-refractivity contribution in [3.05, 3.63) is 96.0 Å². The summed E-state index contributed by atoms with van der Waals surface area (Å²) in [4.78, 5) is 10.3. The van der Waals surface area contributed by atoms with Crippen LogP contribution in [0.2, 0.25) is 0 Å². The fraction of sp³-hybridized carbons (Fsp3) is 0.185. The van der Waals surface area contributed by atoms with E-state index in [4.69, 9.17) is 9.25 Å². The summed E-state index contributed by atoms with van der Waals surface area (Å²) in [5.74, 6) is 0.521. The monoisotopic (exact) mass is 423 g/mol. The molecule has 0 bridgehead atoms. The maximum Gasteiger partial charge on any atom is 0.306 e. The van der Waals surface area contributed by atoms with E-state index in [1.165, 1.54) is 10.9 Å². The average Bonchev–Trinajstić information content (AvgIpc) is 3.38. The van der Waals surface area contributed by atoms with E-state index in [2.05, 4.69) is 85.5 Å². The third kappa shape index (κ3) is 3.89. The van der Waals surface area contributed by atoms with Gasteiger partial charge in [0.25, 0.3) is 0 Å². The fourth-order valence-corrected chi connectivity index (χ4v) is 3.78. The van der Waals surface area contributed by atoms with E-state index in [-0.39, 0.29) is 5.41 Å². The van der Waals surface area contributed by atoms with Crippen molar-refractivity contribution < 1.29 is 9.25 Å². The minimum absolute atomic E-state index is 0.134. The largest absolute Gasteiger partial charge is 0.432 e. The van der Waals surface area contributed by atoms with E-state index in [1.54, 1.807) is 12.5 Å². The molecule has 5 heteroatoms. The van der Waals surface area contributed by atoms with Crippen molar-refractivity contribution in [2.24, 2.45) is 5.16 Å². The molecule has 0 radical (unpaired) electrons. The van der Waals surface area contributed by atoms with Crippen molar-refractivity contribution in [2.75, 3.05) is 0 Å². The molecule has 0 aliphatic carbocycles. The van der Waals surface area contributed by atoms with E-state index >= 15 is 0 Å². The Hall–Kier alpha value is -3.86. The van der Waals surface area contributed by atoms with Gasteiger partial charge in [0.15, 0.2) is 0 Å². The third-order valence-electron chi connectivity index (χ3n) is 5.62. The molecule has 3 aromatic carbocycles. The molecular weight excluding hydrogens is 398 g/mol. The zero-order valence-electron chi connectivity index (χ0n) is 18.4. The zero-order chi connectivity index (χ0) is 22.1. The summed E-state index contributed by atoms with van der Waals surface area (Å²) in [7, 11) is 0. The van der Waals surface area contributed by atoms with Crippen LogP contribution in [0.15, 0.2) is 88.8 Å². The van der Waals surface area contributed by atoms with Gasteiger partial charge in [-0.3, -0.25) is 4.40 Å². The zero-order valence-corrected chi connectivity index (χ0v) is 18.4. The van der Waals surface area contributed by atoms with Gasteiger partial charge in [-0.15, -0.1) is 0 Å². The number of benzene rings is 3. The molecule has 0 aliphatic heterocycles. The first-order chi connectivity index (χ1) is 15.5. The first-order valence-electron chi connectivity index (χ1n) is 10.7. The molecule has 0 amide bonds. The molecule has 0 aliphatic rings. The van der Waals surface area contributed by atoms with Gasteiger partial charge in [-0.05, 0) is 33.4 Å². The molecule has 0 unspecified atom stereocenters. The SMILES string of the molecule is CC(C)(C)c1ccc(CO/N=C/c2c(-c3ccc4ccccc4c3)nc3occn23)cc1. The van der Waals surface area contributed by atoms with E-state index in [0.29, 0.717) is 12.5 Å². The first-order valence-corrected chi connectivity index (χ1v) is 10.7. The van der Waals surface area contributed by atoms with E-state index < -0.39 is 0 Å². The highest BCUT2D eigenvalue weighted by Gasteiger charge is 2.15. The molecular formula is C27H25N3O2. The second-order valence-electron chi connectivity index (χ2n) is 8.92. The molecule has 5 aromatic rings. The Morgan fingerprint density at radius 2 is 1.78 bits per heavy atom. The number of rotatable bonds is 5. The molecule has 5 rings (SSSR count). The lowest BCUT2D eigenvalue weighted by Gasteiger charge is -2.18. The smallest absolute Gasteiger partial charge is 0.306 e. The van der Waals surface area contributed by atoms with Crippen LogP contribution in [0.4, 0.5) is 0 Å². The minimum atomic E-state index is 0.134. The van der Waals surface area contributed by atoms with Gasteiger partial charge in [0.1, 0.15) is 18.6 Å². The molecule has 2 heterocycles. The molecule has 0 saturated carbocycles. The Kier molecular flexibility index (Phi) is 5.02. The van der Waals surface area contributed by atoms with Crippen LogP contribution in [0, 0.1) is 0 Å². The van der Waals surface area contributed by atoms with Crippen LogP contribution in [0.3, 0.4) is 0 Å². The van der Waals surface area contributed by atoms with Crippen LogP contribution >= 0.6 is 0 Å². The molecule has 0 atom stereocenters. The Balaban J connectivity index is 1.39.